The summed E-state index contributed by atoms with van der Waals surface area (Å²) in [6, 6.07) is 0. The Morgan fingerprint density at radius 2 is 2.08 bits per heavy atom. The van der Waals surface area contributed by atoms with E-state index >= 15 is 4.39 Å². The summed E-state index contributed by atoms with van der Waals surface area (Å²) < 4.78 is 42.5. The minimum Gasteiger partial charge on any atom is -0.408 e. The van der Waals surface area contributed by atoms with Crippen molar-refractivity contribution in [3.05, 3.63) is 44.8 Å². The number of hydrogen-bond donors (Lipinski definition) is 1. The molecular weight excluding hydrogens is 578 g/mol. The minimum absolute atomic E-state index is 0.0235. The SMILES string of the molecule is C=C(C)[C@@H]1CC[C@]2(C)SP(=S)(OC[C@H]3O[C@@H](n4cc(C)c(=O)[nH]c4=O)[C@H](F)[C@@H]3O[Si](C)(C)C(C)(C)C)O[C@H]2C1. The van der Waals surface area contributed by atoms with Crippen LogP contribution >= 0.6 is 17.1 Å². The Balaban J connectivity index is 1.57. The maximum atomic E-state index is 16.1. The third kappa shape index (κ3) is 6.28. The van der Waals surface area contributed by atoms with Gasteiger partial charge in [-0.2, -0.15) is 0 Å². The molecule has 3 fully saturated rings. The number of hydrogen-bond acceptors (Lipinski definition) is 8. The molecule has 3 aliphatic rings. The van der Waals surface area contributed by atoms with E-state index in [1.807, 2.05) is 13.1 Å². The van der Waals surface area contributed by atoms with Crippen molar-refractivity contribution >= 4 is 37.2 Å². The second-order valence-electron chi connectivity index (χ2n) is 12.9. The van der Waals surface area contributed by atoms with Gasteiger partial charge in [-0.05, 0) is 75.9 Å². The molecule has 1 aliphatic carbocycles. The van der Waals surface area contributed by atoms with E-state index < -0.39 is 49.9 Å². The van der Waals surface area contributed by atoms with Gasteiger partial charge in [-0.25, -0.2) is 9.18 Å². The highest BCUT2D eigenvalue weighted by molar-refractivity contribution is 8.68. The van der Waals surface area contributed by atoms with Crippen LogP contribution in [0.3, 0.4) is 0 Å². The maximum Gasteiger partial charge on any atom is 0.330 e. The lowest BCUT2D eigenvalue weighted by atomic mass is 9.77. The molecule has 0 bridgehead atoms. The van der Waals surface area contributed by atoms with Crippen molar-refractivity contribution in [3.8, 4) is 0 Å². The number of rotatable bonds is 7. The van der Waals surface area contributed by atoms with Crippen LogP contribution in [0.2, 0.25) is 18.1 Å². The molecule has 39 heavy (non-hydrogen) atoms. The van der Waals surface area contributed by atoms with Gasteiger partial charge in [0.15, 0.2) is 20.7 Å². The topological polar surface area (TPSA) is 91.8 Å². The van der Waals surface area contributed by atoms with E-state index in [0.29, 0.717) is 5.92 Å². The van der Waals surface area contributed by atoms with Gasteiger partial charge in [0.25, 0.3) is 5.56 Å². The van der Waals surface area contributed by atoms with Crippen LogP contribution in [-0.2, 0) is 30.0 Å². The molecule has 0 amide bonds. The molecule has 8 atom stereocenters. The molecule has 1 saturated carbocycles. The molecule has 0 aromatic carbocycles. The number of H-pyrrole nitrogens is 1. The van der Waals surface area contributed by atoms with Crippen LogP contribution in [0.1, 0.15) is 65.7 Å². The Morgan fingerprint density at radius 3 is 2.69 bits per heavy atom. The largest absolute Gasteiger partial charge is 0.408 e. The van der Waals surface area contributed by atoms with Crippen LogP contribution < -0.4 is 11.2 Å². The summed E-state index contributed by atoms with van der Waals surface area (Å²) in [7, 11) is -2.43. The molecule has 220 valence electrons. The number of aryl methyl sites for hydroxylation is 1. The zero-order chi connectivity index (χ0) is 29.1. The Labute approximate surface area is 240 Å². The number of aromatic amines is 1. The summed E-state index contributed by atoms with van der Waals surface area (Å²) >= 11 is 7.53. The van der Waals surface area contributed by atoms with Crippen molar-refractivity contribution in [3.63, 3.8) is 0 Å². The van der Waals surface area contributed by atoms with Gasteiger partial charge < -0.3 is 18.2 Å². The molecular formula is C26H42FN2O6PS2Si. The van der Waals surface area contributed by atoms with Gasteiger partial charge in [0, 0.05) is 16.5 Å². The Kier molecular flexibility index (Phi) is 8.77. The molecule has 13 heteroatoms. The van der Waals surface area contributed by atoms with Crippen molar-refractivity contribution in [2.24, 2.45) is 5.92 Å². The van der Waals surface area contributed by atoms with Crippen LogP contribution in [0.5, 0.6) is 0 Å². The fraction of sp³-hybridized carbons (Fsp3) is 0.769. The number of aromatic nitrogens is 2. The maximum absolute atomic E-state index is 16.1. The Bertz CT molecular complexity index is 1280. The number of fused-ring (bicyclic) bond motifs is 1. The highest BCUT2D eigenvalue weighted by atomic mass is 32.9. The van der Waals surface area contributed by atoms with Gasteiger partial charge in [0.2, 0.25) is 5.69 Å². The summed E-state index contributed by atoms with van der Waals surface area (Å²) in [5.41, 5.74) is -2.56. The third-order valence-electron chi connectivity index (χ3n) is 8.76. The standard InChI is InChI=1S/C26H42FN2O6PS2Si/c1-15(2)17-10-11-26(7)19(12-17)34-36(37,38-26)32-14-18-21(35-39(8,9)25(4,5)6)20(27)23(33-18)29-13-16(3)22(30)28-24(29)31/h13,17-21,23H,1,10-12,14H2,2-9H3,(H,28,30,31)/t17-,18-,19+,20-,21-,23-,26+,36?/m1/s1. The van der Waals surface area contributed by atoms with Gasteiger partial charge in [0.1, 0.15) is 12.2 Å². The average molecular weight is 621 g/mol. The lowest BCUT2D eigenvalue weighted by Crippen LogP contribution is -2.49. The minimum atomic E-state index is -2.74. The Hall–Kier alpha value is -0.593. The van der Waals surface area contributed by atoms with Gasteiger partial charge >= 0.3 is 5.69 Å². The van der Waals surface area contributed by atoms with Crippen molar-refractivity contribution in [1.82, 2.24) is 9.55 Å². The normalized spacial score (nSPS) is 37.2. The predicted octanol–water partition coefficient (Wildman–Crippen LogP) is 5.98. The first-order valence-electron chi connectivity index (χ1n) is 13.4. The Morgan fingerprint density at radius 1 is 1.41 bits per heavy atom. The average Bonchev–Trinajstić information content (AvgIpc) is 3.25. The van der Waals surface area contributed by atoms with Crippen molar-refractivity contribution in [2.75, 3.05) is 6.61 Å². The zero-order valence-corrected chi connectivity index (χ0v) is 27.6. The van der Waals surface area contributed by atoms with E-state index in [4.69, 9.17) is 30.0 Å². The summed E-state index contributed by atoms with van der Waals surface area (Å²) in [5, 5.41) is -0.178. The van der Waals surface area contributed by atoms with E-state index in [0.717, 1.165) is 29.4 Å². The molecule has 0 spiro atoms. The predicted molar refractivity (Wildman–Crippen MR) is 160 cm³/mol. The fourth-order valence-corrected chi connectivity index (χ4v) is 13.5. The lowest BCUT2D eigenvalue weighted by Gasteiger charge is -2.39. The van der Waals surface area contributed by atoms with Crippen LogP contribution in [0.4, 0.5) is 4.39 Å². The summed E-state index contributed by atoms with van der Waals surface area (Å²) in [4.78, 5) is 26.8. The van der Waals surface area contributed by atoms with E-state index in [1.165, 1.54) is 6.20 Å². The van der Waals surface area contributed by atoms with Crippen molar-refractivity contribution in [2.45, 2.75) is 114 Å². The van der Waals surface area contributed by atoms with Crippen molar-refractivity contribution < 1.29 is 22.6 Å². The highest BCUT2D eigenvalue weighted by Crippen LogP contribution is 2.75. The summed E-state index contributed by atoms with van der Waals surface area (Å²) in [6.07, 6.45) is -0.573. The fourth-order valence-electron chi connectivity index (χ4n) is 5.09. The first kappa shape index (κ1) is 31.3. The molecule has 3 heterocycles. The number of halogens is 1. The smallest absolute Gasteiger partial charge is 0.330 e. The van der Waals surface area contributed by atoms with Crippen LogP contribution in [0.15, 0.2) is 27.9 Å². The molecule has 8 nitrogen and oxygen atoms in total. The first-order chi connectivity index (χ1) is 17.9. The summed E-state index contributed by atoms with van der Waals surface area (Å²) in [5.74, 6) is 0.401. The third-order valence-corrected chi connectivity index (χ3v) is 19.1. The highest BCUT2D eigenvalue weighted by Gasteiger charge is 2.55. The monoisotopic (exact) mass is 620 g/mol. The van der Waals surface area contributed by atoms with Crippen LogP contribution in [-0.4, -0.2) is 53.7 Å². The molecule has 1 unspecified atom stereocenters. The van der Waals surface area contributed by atoms with E-state index in [1.54, 1.807) is 18.3 Å². The quantitative estimate of drug-likeness (QED) is 0.226. The molecule has 1 aromatic heterocycles. The first-order valence-corrected chi connectivity index (χ1v) is 20.4. The number of allylic oxidation sites excluding steroid dienone is 1. The number of nitrogens with zero attached hydrogens (tertiary/aromatic N) is 1. The second-order valence-corrected chi connectivity index (χ2v) is 24.2. The van der Waals surface area contributed by atoms with Crippen LogP contribution in [0, 0.1) is 12.8 Å². The molecule has 4 rings (SSSR count). The number of ether oxygens (including phenoxy) is 1. The van der Waals surface area contributed by atoms with Crippen LogP contribution in [0.25, 0.3) is 0 Å². The molecule has 0 radical (unpaired) electrons. The zero-order valence-electron chi connectivity index (χ0n) is 24.1. The number of nitrogens with one attached hydrogen (secondary N) is 1. The second kappa shape index (κ2) is 10.9. The van der Waals surface area contributed by atoms with E-state index in [-0.39, 0.29) is 28.1 Å². The van der Waals surface area contributed by atoms with Gasteiger partial charge in [-0.3, -0.25) is 14.3 Å². The van der Waals surface area contributed by atoms with Gasteiger partial charge in [0.05, 0.1) is 12.7 Å². The van der Waals surface area contributed by atoms with E-state index in [9.17, 15) is 9.59 Å². The van der Waals surface area contributed by atoms with Crippen molar-refractivity contribution in [1.29, 1.82) is 0 Å². The van der Waals surface area contributed by atoms with E-state index in [2.05, 4.69) is 46.2 Å². The van der Waals surface area contributed by atoms with Gasteiger partial charge in [-0.15, -0.1) is 0 Å². The summed E-state index contributed by atoms with van der Waals surface area (Å²) in [6.45, 7) is 20.2. The lowest BCUT2D eigenvalue weighted by molar-refractivity contribution is -0.0441. The van der Waals surface area contributed by atoms with Gasteiger partial charge in [-0.1, -0.05) is 44.3 Å². The molecule has 1 N–H and O–H groups in total. The molecule has 1 aromatic rings. The molecule has 2 saturated heterocycles. The molecule has 2 aliphatic heterocycles. The number of alkyl halides is 1.